The number of benzene rings is 1. The maximum atomic E-state index is 13.4. The van der Waals surface area contributed by atoms with E-state index in [9.17, 15) is 26.7 Å². The predicted octanol–water partition coefficient (Wildman–Crippen LogP) is 2.16. The van der Waals surface area contributed by atoms with Crippen LogP contribution < -0.4 is 5.48 Å². The molecule has 2 rings (SSSR count). The molecule has 130 valence electrons. The Balaban J connectivity index is 2.03. The van der Waals surface area contributed by atoms with Gasteiger partial charge in [-0.3, -0.25) is 9.63 Å². The van der Waals surface area contributed by atoms with Crippen LogP contribution in [0.25, 0.3) is 0 Å². The minimum absolute atomic E-state index is 0.151. The van der Waals surface area contributed by atoms with Gasteiger partial charge in [-0.2, -0.15) is 0 Å². The number of rotatable bonds is 6. The lowest BCUT2D eigenvalue weighted by Gasteiger charge is -2.08. The van der Waals surface area contributed by atoms with Crippen molar-refractivity contribution >= 4 is 17.7 Å². The van der Waals surface area contributed by atoms with Gasteiger partial charge in [-0.25, -0.2) is 32.1 Å². The Morgan fingerprint density at radius 1 is 1.17 bits per heavy atom. The second-order valence-corrected chi connectivity index (χ2v) is 5.16. The largest absolute Gasteiger partial charge is 0.297 e. The van der Waals surface area contributed by atoms with Gasteiger partial charge >= 0.3 is 0 Å². The summed E-state index contributed by atoms with van der Waals surface area (Å²) in [5, 5.41) is 7.15. The maximum absolute atomic E-state index is 13.4. The molecular formula is C12H9F5N4O2S. The van der Waals surface area contributed by atoms with E-state index in [1.807, 2.05) is 0 Å². The number of thioether (sulfide) groups is 1. The van der Waals surface area contributed by atoms with Crippen LogP contribution in [-0.4, -0.2) is 27.2 Å². The zero-order chi connectivity index (χ0) is 17.9. The van der Waals surface area contributed by atoms with Crippen LogP contribution in [0.3, 0.4) is 0 Å². The van der Waals surface area contributed by atoms with Crippen LogP contribution in [0, 0.1) is 29.1 Å². The molecule has 0 saturated carbocycles. The Morgan fingerprint density at radius 2 is 1.75 bits per heavy atom. The number of hydrogen-bond acceptors (Lipinski definition) is 5. The number of carbonyl (C=O) groups is 1. The fourth-order valence-corrected chi connectivity index (χ4v) is 1.99. The fraction of sp³-hybridized carbons (Fsp3) is 0.250. The van der Waals surface area contributed by atoms with E-state index in [1.54, 1.807) is 11.7 Å². The molecule has 12 heteroatoms. The summed E-state index contributed by atoms with van der Waals surface area (Å²) in [7, 11) is 0. The summed E-state index contributed by atoms with van der Waals surface area (Å²) in [4.78, 5) is 16.2. The van der Waals surface area contributed by atoms with Crippen molar-refractivity contribution in [2.75, 3.05) is 6.26 Å². The third-order valence-electron chi connectivity index (χ3n) is 2.71. The normalized spacial score (nSPS) is 10.9. The molecule has 0 bridgehead atoms. The maximum Gasteiger partial charge on any atom is 0.297 e. The second-order valence-electron chi connectivity index (χ2n) is 4.33. The van der Waals surface area contributed by atoms with Crippen LogP contribution >= 0.6 is 11.8 Å². The molecule has 0 saturated heterocycles. The van der Waals surface area contributed by atoms with Crippen molar-refractivity contribution in [2.24, 2.45) is 0 Å². The number of hydrogen-bond donors (Lipinski definition) is 1. The van der Waals surface area contributed by atoms with Gasteiger partial charge in [-0.1, -0.05) is 5.21 Å². The second kappa shape index (κ2) is 7.57. The molecule has 2 aromatic rings. The Labute approximate surface area is 135 Å². The Hall–Kier alpha value is -2.21. The molecule has 0 atom stereocenters. The summed E-state index contributed by atoms with van der Waals surface area (Å²) >= 11 is 1.41. The molecule has 0 aliphatic rings. The zero-order valence-corrected chi connectivity index (χ0v) is 12.8. The van der Waals surface area contributed by atoms with Crippen molar-refractivity contribution < 1.29 is 31.6 Å². The number of nitrogens with zero attached hydrogens (tertiary/aromatic N) is 3. The average molecular weight is 368 g/mol. The molecule has 0 aliphatic heterocycles. The van der Waals surface area contributed by atoms with Crippen LogP contribution in [0.15, 0.2) is 6.20 Å². The van der Waals surface area contributed by atoms with Crippen molar-refractivity contribution in [3.63, 3.8) is 0 Å². The van der Waals surface area contributed by atoms with E-state index in [0.717, 1.165) is 0 Å². The molecule has 0 unspecified atom stereocenters. The van der Waals surface area contributed by atoms with Crippen LogP contribution in [0.2, 0.25) is 0 Å². The van der Waals surface area contributed by atoms with E-state index in [0.29, 0.717) is 5.88 Å². The highest BCUT2D eigenvalue weighted by Gasteiger charge is 2.26. The van der Waals surface area contributed by atoms with Gasteiger partial charge in [0.1, 0.15) is 6.61 Å². The van der Waals surface area contributed by atoms with Crippen LogP contribution in [0.5, 0.6) is 0 Å². The number of aromatic nitrogens is 3. The van der Waals surface area contributed by atoms with E-state index < -0.39 is 47.2 Å². The SMILES string of the molecule is CSCn1cc(C(=O)NOCc2c(F)c(F)c(F)c(F)c2F)nn1. The Kier molecular flexibility index (Phi) is 5.72. The molecule has 1 aromatic carbocycles. The van der Waals surface area contributed by atoms with Gasteiger partial charge in [0, 0.05) is 0 Å². The standard InChI is InChI=1S/C12H9F5N4O2S/c1-24-4-21-2-6(18-20-21)12(22)19-23-3-5-7(13)9(15)11(17)10(16)8(5)14/h2H,3-4H2,1H3,(H,19,22). The van der Waals surface area contributed by atoms with Gasteiger partial charge in [-0.15, -0.1) is 16.9 Å². The van der Waals surface area contributed by atoms with Crippen molar-refractivity contribution in [3.05, 3.63) is 46.5 Å². The van der Waals surface area contributed by atoms with Crippen LogP contribution in [0.4, 0.5) is 22.0 Å². The topological polar surface area (TPSA) is 69.0 Å². The van der Waals surface area contributed by atoms with E-state index in [2.05, 4.69) is 15.1 Å². The molecular weight excluding hydrogens is 359 g/mol. The van der Waals surface area contributed by atoms with Gasteiger partial charge in [0.25, 0.3) is 5.91 Å². The van der Waals surface area contributed by atoms with Gasteiger partial charge in [-0.05, 0) is 6.26 Å². The minimum atomic E-state index is -2.27. The third kappa shape index (κ3) is 3.64. The molecule has 6 nitrogen and oxygen atoms in total. The molecule has 0 spiro atoms. The first kappa shape index (κ1) is 18.1. The van der Waals surface area contributed by atoms with Crippen LogP contribution in [0.1, 0.15) is 16.1 Å². The number of nitrogens with one attached hydrogen (secondary N) is 1. The van der Waals surface area contributed by atoms with Gasteiger partial charge < -0.3 is 0 Å². The number of amides is 1. The fourth-order valence-electron chi connectivity index (χ4n) is 1.60. The molecule has 1 heterocycles. The number of halogens is 5. The quantitative estimate of drug-likeness (QED) is 0.366. The Bertz CT molecular complexity index is 741. The van der Waals surface area contributed by atoms with Crippen molar-refractivity contribution in [2.45, 2.75) is 12.5 Å². The first-order chi connectivity index (χ1) is 11.4. The smallest absolute Gasteiger partial charge is 0.268 e. The first-order valence-electron chi connectivity index (χ1n) is 6.18. The lowest BCUT2D eigenvalue weighted by atomic mass is 10.2. The van der Waals surface area contributed by atoms with E-state index in [-0.39, 0.29) is 5.69 Å². The van der Waals surface area contributed by atoms with Crippen molar-refractivity contribution in [3.8, 4) is 0 Å². The molecule has 0 radical (unpaired) electrons. The lowest BCUT2D eigenvalue weighted by Crippen LogP contribution is -2.24. The van der Waals surface area contributed by atoms with E-state index in [1.165, 1.54) is 22.6 Å². The molecule has 0 fully saturated rings. The molecule has 1 amide bonds. The van der Waals surface area contributed by atoms with Gasteiger partial charge in [0.2, 0.25) is 5.82 Å². The summed E-state index contributed by atoms with van der Waals surface area (Å²) in [6.45, 7) is -1.07. The molecule has 1 aromatic heterocycles. The summed E-state index contributed by atoms with van der Waals surface area (Å²) < 4.78 is 67.0. The monoisotopic (exact) mass is 368 g/mol. The third-order valence-corrected chi connectivity index (χ3v) is 3.24. The molecule has 1 N–H and O–H groups in total. The van der Waals surface area contributed by atoms with Gasteiger partial charge in [0.05, 0.1) is 17.6 Å². The summed E-state index contributed by atoms with van der Waals surface area (Å²) in [6, 6.07) is 0. The van der Waals surface area contributed by atoms with E-state index >= 15 is 0 Å². The van der Waals surface area contributed by atoms with Crippen LogP contribution in [-0.2, 0) is 17.3 Å². The molecule has 0 aliphatic carbocycles. The highest BCUT2D eigenvalue weighted by atomic mass is 32.2. The lowest BCUT2D eigenvalue weighted by molar-refractivity contribution is 0.0204. The molecule has 24 heavy (non-hydrogen) atoms. The Morgan fingerprint density at radius 3 is 2.33 bits per heavy atom. The minimum Gasteiger partial charge on any atom is -0.268 e. The average Bonchev–Trinajstić information content (AvgIpc) is 3.03. The first-order valence-corrected chi connectivity index (χ1v) is 7.57. The number of carbonyl (C=O) groups excluding carboxylic acids is 1. The van der Waals surface area contributed by atoms with Gasteiger partial charge in [0.15, 0.2) is 29.0 Å². The summed E-state index contributed by atoms with van der Waals surface area (Å²) in [5.74, 6) is -11.0. The highest BCUT2D eigenvalue weighted by Crippen LogP contribution is 2.23. The summed E-state index contributed by atoms with van der Waals surface area (Å²) in [5.41, 5.74) is 0.415. The number of hydroxylamine groups is 1. The van der Waals surface area contributed by atoms with E-state index in [4.69, 9.17) is 0 Å². The highest BCUT2D eigenvalue weighted by molar-refractivity contribution is 7.97. The predicted molar refractivity (Wildman–Crippen MR) is 72.0 cm³/mol. The zero-order valence-electron chi connectivity index (χ0n) is 11.9. The van der Waals surface area contributed by atoms with Crippen molar-refractivity contribution in [1.82, 2.24) is 20.5 Å². The summed E-state index contributed by atoms with van der Waals surface area (Å²) in [6.07, 6.45) is 3.09. The van der Waals surface area contributed by atoms with Crippen molar-refractivity contribution in [1.29, 1.82) is 0 Å².